The number of aliphatic imine (C=N–C) groups is 1. The first-order valence-electron chi connectivity index (χ1n) is 7.75. The van der Waals surface area contributed by atoms with Crippen LogP contribution < -0.4 is 4.74 Å². The molecule has 3 rings (SSSR count). The summed E-state index contributed by atoms with van der Waals surface area (Å²) in [5, 5.41) is 19.1. The van der Waals surface area contributed by atoms with Crippen molar-refractivity contribution in [3.63, 3.8) is 0 Å². The Morgan fingerprint density at radius 2 is 2.00 bits per heavy atom. The van der Waals surface area contributed by atoms with Crippen molar-refractivity contribution in [1.29, 1.82) is 0 Å². The molecule has 0 aliphatic carbocycles. The number of aromatic hydroxyl groups is 1. The minimum absolute atomic E-state index is 0.0872. The Morgan fingerprint density at radius 3 is 2.69 bits per heavy atom. The number of hydrogen-bond acceptors (Lipinski definition) is 6. The number of rotatable bonds is 5. The van der Waals surface area contributed by atoms with Gasteiger partial charge in [-0.25, -0.2) is 9.78 Å². The van der Waals surface area contributed by atoms with E-state index in [-0.39, 0.29) is 28.4 Å². The highest BCUT2D eigenvalue weighted by Gasteiger charge is 2.31. The number of carboxylic acid groups (broad SMARTS) is 1. The van der Waals surface area contributed by atoms with E-state index >= 15 is 0 Å². The summed E-state index contributed by atoms with van der Waals surface area (Å²) in [7, 11) is 0. The summed E-state index contributed by atoms with van der Waals surface area (Å²) in [6.07, 6.45) is -3.78. The van der Waals surface area contributed by atoms with Crippen LogP contribution in [0.5, 0.6) is 11.7 Å². The molecule has 0 fully saturated rings. The van der Waals surface area contributed by atoms with Crippen molar-refractivity contribution in [3.8, 4) is 23.1 Å². The van der Waals surface area contributed by atoms with E-state index in [1.54, 1.807) is 6.07 Å². The van der Waals surface area contributed by atoms with Crippen LogP contribution in [0, 0.1) is 0 Å². The maximum Gasteiger partial charge on any atom is 0.573 e. The third-order valence-electron chi connectivity index (χ3n) is 3.46. The van der Waals surface area contributed by atoms with Gasteiger partial charge in [0.15, 0.2) is 5.69 Å². The molecule has 1 aromatic heterocycles. The molecule has 0 atom stereocenters. The summed E-state index contributed by atoms with van der Waals surface area (Å²) in [5.74, 6) is -2.50. The van der Waals surface area contributed by atoms with Gasteiger partial charge in [-0.3, -0.25) is 4.99 Å². The van der Waals surface area contributed by atoms with Gasteiger partial charge < -0.3 is 19.4 Å². The van der Waals surface area contributed by atoms with Crippen molar-refractivity contribution >= 4 is 33.8 Å². The van der Waals surface area contributed by atoms with Gasteiger partial charge in [0, 0.05) is 10.0 Å². The summed E-state index contributed by atoms with van der Waals surface area (Å²) >= 11 is 3.16. The molecule has 2 aromatic carbocycles. The molecule has 0 amide bonds. The van der Waals surface area contributed by atoms with Gasteiger partial charge in [0.2, 0.25) is 5.89 Å². The van der Waals surface area contributed by atoms with Crippen molar-refractivity contribution in [2.45, 2.75) is 6.36 Å². The van der Waals surface area contributed by atoms with Crippen molar-refractivity contribution in [3.05, 3.63) is 58.2 Å². The van der Waals surface area contributed by atoms with Crippen LogP contribution in [-0.2, 0) is 0 Å². The van der Waals surface area contributed by atoms with Crippen molar-refractivity contribution in [2.75, 3.05) is 0 Å². The van der Waals surface area contributed by atoms with Crippen molar-refractivity contribution in [1.82, 2.24) is 4.98 Å². The van der Waals surface area contributed by atoms with Gasteiger partial charge in [-0.2, -0.15) is 0 Å². The maximum atomic E-state index is 12.4. The van der Waals surface area contributed by atoms with Crippen LogP contribution in [0.15, 0.2) is 56.3 Å². The Labute approximate surface area is 169 Å². The fourth-order valence-corrected chi connectivity index (χ4v) is 2.64. The highest BCUT2D eigenvalue weighted by molar-refractivity contribution is 9.10. The van der Waals surface area contributed by atoms with Crippen LogP contribution in [0.4, 0.5) is 18.9 Å². The third-order valence-corrected chi connectivity index (χ3v) is 3.96. The van der Waals surface area contributed by atoms with Crippen molar-refractivity contribution < 1.29 is 37.3 Å². The lowest BCUT2D eigenvalue weighted by Gasteiger charge is -2.08. The number of carbonyl (C=O) groups is 1. The number of carboxylic acids is 1. The summed E-state index contributed by atoms with van der Waals surface area (Å²) in [5.41, 5.74) is -0.000902. The predicted octanol–water partition coefficient (Wildman–Crippen LogP) is 5.16. The largest absolute Gasteiger partial charge is 0.573 e. The van der Waals surface area contributed by atoms with E-state index in [4.69, 9.17) is 4.42 Å². The Hall–Kier alpha value is -3.34. The smallest absolute Gasteiger partial charge is 0.479 e. The lowest BCUT2D eigenvalue weighted by molar-refractivity contribution is -0.274. The second kappa shape index (κ2) is 7.95. The van der Waals surface area contributed by atoms with Crippen LogP contribution >= 0.6 is 15.9 Å². The molecule has 2 N–H and O–H groups in total. The zero-order chi connectivity index (χ0) is 21.2. The molecule has 0 aliphatic heterocycles. The third kappa shape index (κ3) is 5.13. The normalized spacial score (nSPS) is 11.7. The molecule has 0 unspecified atom stereocenters. The van der Waals surface area contributed by atoms with E-state index < -0.39 is 24.0 Å². The second-order valence-electron chi connectivity index (χ2n) is 5.51. The molecule has 11 heteroatoms. The van der Waals surface area contributed by atoms with Crippen molar-refractivity contribution in [2.24, 2.45) is 4.99 Å². The first-order chi connectivity index (χ1) is 13.6. The molecule has 0 spiro atoms. The van der Waals surface area contributed by atoms with Gasteiger partial charge in [-0.05, 0) is 36.4 Å². The fraction of sp³-hybridized carbons (Fsp3) is 0.0556. The standard InChI is InChI=1S/C18H10BrF3N2O5/c19-10-4-5-13(12(7-10)16(25)26)23-8-14-17(27)28-15(24-14)9-2-1-3-11(6-9)29-18(20,21)22/h1-8,27H,(H,25,26). The Kier molecular flexibility index (Phi) is 5.59. The molecule has 0 aliphatic rings. The Balaban J connectivity index is 1.90. The minimum atomic E-state index is -4.86. The molecular weight excluding hydrogens is 461 g/mol. The molecule has 0 radical (unpaired) electrons. The first-order valence-corrected chi connectivity index (χ1v) is 8.54. The highest BCUT2D eigenvalue weighted by atomic mass is 79.9. The van der Waals surface area contributed by atoms with Gasteiger partial charge in [-0.15, -0.1) is 13.2 Å². The lowest BCUT2D eigenvalue weighted by Crippen LogP contribution is -2.17. The molecule has 29 heavy (non-hydrogen) atoms. The van der Waals surface area contributed by atoms with E-state index in [0.29, 0.717) is 4.47 Å². The molecular formula is C18H10BrF3N2O5. The van der Waals surface area contributed by atoms with E-state index in [1.165, 1.54) is 24.3 Å². The number of aromatic carboxylic acids is 1. The van der Waals surface area contributed by atoms with E-state index in [9.17, 15) is 28.2 Å². The number of ether oxygens (including phenoxy) is 1. The number of alkyl halides is 3. The molecule has 150 valence electrons. The molecule has 0 saturated heterocycles. The molecule has 0 saturated carbocycles. The van der Waals surface area contributed by atoms with Gasteiger partial charge in [0.05, 0.1) is 17.5 Å². The van der Waals surface area contributed by atoms with Crippen LogP contribution in [0.3, 0.4) is 0 Å². The van der Waals surface area contributed by atoms with E-state index in [0.717, 1.165) is 18.3 Å². The van der Waals surface area contributed by atoms with Gasteiger partial charge >= 0.3 is 18.3 Å². The number of halogens is 4. The first kappa shape index (κ1) is 20.4. The molecule has 1 heterocycles. The van der Waals surface area contributed by atoms with Gasteiger partial charge in [0.1, 0.15) is 5.75 Å². The molecule has 0 bridgehead atoms. The monoisotopic (exact) mass is 470 g/mol. The summed E-state index contributed by atoms with van der Waals surface area (Å²) < 4.78 is 46.5. The highest BCUT2D eigenvalue weighted by Crippen LogP contribution is 2.31. The average Bonchev–Trinajstić information content (AvgIpc) is 3.00. The summed E-state index contributed by atoms with van der Waals surface area (Å²) in [4.78, 5) is 19.3. The van der Waals surface area contributed by atoms with Crippen LogP contribution in [0.25, 0.3) is 11.5 Å². The number of hydrogen-bond donors (Lipinski definition) is 2. The molecule has 7 nitrogen and oxygen atoms in total. The number of benzene rings is 2. The maximum absolute atomic E-state index is 12.4. The van der Waals surface area contributed by atoms with E-state index in [2.05, 4.69) is 30.6 Å². The summed E-state index contributed by atoms with van der Waals surface area (Å²) in [6.45, 7) is 0. The quantitative estimate of drug-likeness (QED) is 0.499. The lowest BCUT2D eigenvalue weighted by atomic mass is 10.2. The van der Waals surface area contributed by atoms with Crippen LogP contribution in [0.1, 0.15) is 16.1 Å². The number of aromatic nitrogens is 1. The van der Waals surface area contributed by atoms with Gasteiger partial charge in [-0.1, -0.05) is 22.0 Å². The average molecular weight is 471 g/mol. The zero-order valence-electron chi connectivity index (χ0n) is 14.1. The van der Waals surface area contributed by atoms with Gasteiger partial charge in [0.25, 0.3) is 0 Å². The second-order valence-corrected chi connectivity index (χ2v) is 6.43. The minimum Gasteiger partial charge on any atom is -0.479 e. The summed E-state index contributed by atoms with van der Waals surface area (Å²) in [6, 6.07) is 9.23. The predicted molar refractivity (Wildman–Crippen MR) is 98.6 cm³/mol. The number of oxazole rings is 1. The zero-order valence-corrected chi connectivity index (χ0v) is 15.7. The van der Waals surface area contributed by atoms with Crippen LogP contribution in [-0.4, -0.2) is 33.7 Å². The SMILES string of the molecule is O=C(O)c1cc(Br)ccc1N=Cc1nc(-c2cccc(OC(F)(F)F)c2)oc1O. The molecule has 3 aromatic rings. The Morgan fingerprint density at radius 1 is 1.24 bits per heavy atom. The fourth-order valence-electron chi connectivity index (χ4n) is 2.28. The van der Waals surface area contributed by atoms with Crippen LogP contribution in [0.2, 0.25) is 0 Å². The topological polar surface area (TPSA) is 105 Å². The van der Waals surface area contributed by atoms with E-state index in [1.807, 2.05) is 0 Å². The Bertz CT molecular complexity index is 1100. The number of nitrogens with zero attached hydrogens (tertiary/aromatic N) is 2.